The molecule has 2 heterocycles. The lowest BCUT2D eigenvalue weighted by Gasteiger charge is -2.00. The molecular formula is C19H13N3OS2. The second kappa shape index (κ2) is 6.66. The fourth-order valence-corrected chi connectivity index (χ4v) is 3.62. The number of rotatable bonds is 3. The van der Waals surface area contributed by atoms with E-state index >= 15 is 0 Å². The zero-order chi connectivity index (χ0) is 17.2. The van der Waals surface area contributed by atoms with Crippen molar-refractivity contribution >= 4 is 40.3 Å². The van der Waals surface area contributed by atoms with Gasteiger partial charge in [-0.25, -0.2) is 4.68 Å². The SMILES string of the molecule is O=C1NC(=S)S/C1=C/c1cn(-c2ccccc2)nc1-c1ccccc1. The molecule has 0 saturated carbocycles. The number of hydrogen-bond acceptors (Lipinski definition) is 4. The van der Waals surface area contributed by atoms with E-state index in [9.17, 15) is 4.79 Å². The van der Waals surface area contributed by atoms with Gasteiger partial charge in [0.05, 0.1) is 16.3 Å². The Morgan fingerprint density at radius 2 is 1.72 bits per heavy atom. The van der Waals surface area contributed by atoms with Crippen LogP contribution in [0.25, 0.3) is 23.0 Å². The monoisotopic (exact) mass is 363 g/mol. The smallest absolute Gasteiger partial charge is 0.263 e. The number of carbonyl (C=O) groups excluding carboxylic acids is 1. The number of para-hydroxylation sites is 1. The van der Waals surface area contributed by atoms with Gasteiger partial charge in [-0.3, -0.25) is 4.79 Å². The number of thioether (sulfide) groups is 1. The first-order valence-corrected chi connectivity index (χ1v) is 8.88. The van der Waals surface area contributed by atoms with Gasteiger partial charge in [-0.05, 0) is 18.2 Å². The summed E-state index contributed by atoms with van der Waals surface area (Å²) in [4.78, 5) is 12.6. The third-order valence-electron chi connectivity index (χ3n) is 3.74. The maximum Gasteiger partial charge on any atom is 0.263 e. The number of carbonyl (C=O) groups is 1. The van der Waals surface area contributed by atoms with E-state index in [0.29, 0.717) is 9.23 Å². The Balaban J connectivity index is 1.84. The summed E-state index contributed by atoms with van der Waals surface area (Å²) in [6.07, 6.45) is 3.77. The number of benzene rings is 2. The van der Waals surface area contributed by atoms with E-state index in [-0.39, 0.29) is 5.91 Å². The van der Waals surface area contributed by atoms with Crippen molar-refractivity contribution in [2.24, 2.45) is 0 Å². The highest BCUT2D eigenvalue weighted by Gasteiger charge is 2.23. The van der Waals surface area contributed by atoms with Crippen molar-refractivity contribution in [2.75, 3.05) is 0 Å². The molecule has 0 bridgehead atoms. The molecule has 2 aromatic carbocycles. The minimum Gasteiger partial charge on any atom is -0.307 e. The summed E-state index contributed by atoms with van der Waals surface area (Å²) in [5.41, 5.74) is 3.65. The maximum absolute atomic E-state index is 12.0. The Morgan fingerprint density at radius 1 is 1.04 bits per heavy atom. The number of nitrogens with one attached hydrogen (secondary N) is 1. The van der Waals surface area contributed by atoms with Crippen molar-refractivity contribution in [2.45, 2.75) is 0 Å². The number of hydrogen-bond donors (Lipinski definition) is 1. The molecule has 1 fully saturated rings. The first-order chi connectivity index (χ1) is 12.2. The summed E-state index contributed by atoms with van der Waals surface area (Å²) in [7, 11) is 0. The van der Waals surface area contributed by atoms with E-state index in [2.05, 4.69) is 5.32 Å². The van der Waals surface area contributed by atoms with Crippen LogP contribution < -0.4 is 5.32 Å². The molecule has 0 spiro atoms. The molecule has 6 heteroatoms. The van der Waals surface area contributed by atoms with Crippen LogP contribution in [0.2, 0.25) is 0 Å². The largest absolute Gasteiger partial charge is 0.307 e. The van der Waals surface area contributed by atoms with Crippen LogP contribution >= 0.6 is 24.0 Å². The summed E-state index contributed by atoms with van der Waals surface area (Å²) in [6.45, 7) is 0. The molecular weight excluding hydrogens is 350 g/mol. The molecule has 4 rings (SSSR count). The Morgan fingerprint density at radius 3 is 2.36 bits per heavy atom. The van der Waals surface area contributed by atoms with Gasteiger partial charge in [-0.1, -0.05) is 72.5 Å². The Labute approximate surface area is 154 Å². The van der Waals surface area contributed by atoms with Gasteiger partial charge in [0, 0.05) is 17.3 Å². The van der Waals surface area contributed by atoms with Crippen molar-refractivity contribution < 1.29 is 4.79 Å². The molecule has 0 radical (unpaired) electrons. The molecule has 0 aliphatic carbocycles. The summed E-state index contributed by atoms with van der Waals surface area (Å²) < 4.78 is 2.30. The molecule has 3 aromatic rings. The van der Waals surface area contributed by atoms with Crippen molar-refractivity contribution in [1.29, 1.82) is 0 Å². The summed E-state index contributed by atoms with van der Waals surface area (Å²) in [5, 5.41) is 7.38. The van der Waals surface area contributed by atoms with Gasteiger partial charge >= 0.3 is 0 Å². The quantitative estimate of drug-likeness (QED) is 0.564. The molecule has 0 unspecified atom stereocenters. The molecule has 1 amide bonds. The molecule has 1 aromatic heterocycles. The fraction of sp³-hybridized carbons (Fsp3) is 0. The first-order valence-electron chi connectivity index (χ1n) is 7.66. The predicted molar refractivity (Wildman–Crippen MR) is 105 cm³/mol. The van der Waals surface area contributed by atoms with Gasteiger partial charge in [0.25, 0.3) is 5.91 Å². The van der Waals surface area contributed by atoms with Crippen LogP contribution in [0.1, 0.15) is 5.56 Å². The highest BCUT2D eigenvalue weighted by atomic mass is 32.2. The van der Waals surface area contributed by atoms with Gasteiger partial charge in [0.1, 0.15) is 4.32 Å². The predicted octanol–water partition coefficient (Wildman–Crippen LogP) is 4.03. The van der Waals surface area contributed by atoms with Gasteiger partial charge in [-0.2, -0.15) is 5.10 Å². The average molecular weight is 363 g/mol. The van der Waals surface area contributed by atoms with Crippen molar-refractivity contribution in [1.82, 2.24) is 15.1 Å². The molecule has 1 N–H and O–H groups in total. The van der Waals surface area contributed by atoms with Gasteiger partial charge in [-0.15, -0.1) is 0 Å². The summed E-state index contributed by atoms with van der Waals surface area (Å²) in [5.74, 6) is -0.165. The number of aromatic nitrogens is 2. The van der Waals surface area contributed by atoms with E-state index in [1.165, 1.54) is 11.8 Å². The van der Waals surface area contributed by atoms with Gasteiger partial charge in [0.2, 0.25) is 0 Å². The molecule has 1 aliphatic heterocycles. The maximum atomic E-state index is 12.0. The topological polar surface area (TPSA) is 46.9 Å². The van der Waals surface area contributed by atoms with Gasteiger partial charge in [0.15, 0.2) is 0 Å². The van der Waals surface area contributed by atoms with Crippen LogP contribution in [-0.2, 0) is 4.79 Å². The third-order valence-corrected chi connectivity index (χ3v) is 4.90. The zero-order valence-corrected chi connectivity index (χ0v) is 14.7. The minimum atomic E-state index is -0.165. The standard InChI is InChI=1S/C19H13N3OS2/c23-18-16(25-19(24)20-18)11-14-12-22(15-9-5-2-6-10-15)21-17(14)13-7-3-1-4-8-13/h1-12H,(H,20,23,24)/b16-11+. The molecule has 25 heavy (non-hydrogen) atoms. The highest BCUT2D eigenvalue weighted by molar-refractivity contribution is 8.26. The van der Waals surface area contributed by atoms with E-state index < -0.39 is 0 Å². The van der Waals surface area contributed by atoms with Crippen LogP contribution in [0.15, 0.2) is 71.8 Å². The normalized spacial score (nSPS) is 15.6. The van der Waals surface area contributed by atoms with E-state index in [0.717, 1.165) is 22.5 Å². The average Bonchev–Trinajstić information content (AvgIpc) is 3.20. The number of nitrogens with zero attached hydrogens (tertiary/aromatic N) is 2. The highest BCUT2D eigenvalue weighted by Crippen LogP contribution is 2.30. The molecule has 4 nitrogen and oxygen atoms in total. The van der Waals surface area contributed by atoms with Crippen LogP contribution in [-0.4, -0.2) is 20.0 Å². The van der Waals surface area contributed by atoms with Crippen molar-refractivity contribution in [3.63, 3.8) is 0 Å². The summed E-state index contributed by atoms with van der Waals surface area (Å²) >= 11 is 6.34. The van der Waals surface area contributed by atoms with Gasteiger partial charge < -0.3 is 5.32 Å². The lowest BCUT2D eigenvalue weighted by atomic mass is 10.1. The Hall–Kier alpha value is -2.70. The van der Waals surface area contributed by atoms with Crippen LogP contribution in [0.5, 0.6) is 0 Å². The number of amides is 1. The Kier molecular flexibility index (Phi) is 4.21. The lowest BCUT2D eigenvalue weighted by Crippen LogP contribution is -2.17. The van der Waals surface area contributed by atoms with Crippen LogP contribution in [0.3, 0.4) is 0 Å². The van der Waals surface area contributed by atoms with Crippen LogP contribution in [0.4, 0.5) is 0 Å². The van der Waals surface area contributed by atoms with E-state index in [1.54, 1.807) is 0 Å². The fourth-order valence-electron chi connectivity index (χ4n) is 2.59. The Bertz CT molecular complexity index is 978. The molecule has 0 atom stereocenters. The van der Waals surface area contributed by atoms with E-state index in [4.69, 9.17) is 17.3 Å². The lowest BCUT2D eigenvalue weighted by molar-refractivity contribution is -0.115. The first kappa shape index (κ1) is 15.8. The third kappa shape index (κ3) is 3.26. The molecule has 1 aliphatic rings. The molecule has 122 valence electrons. The second-order valence-electron chi connectivity index (χ2n) is 5.43. The van der Waals surface area contributed by atoms with E-state index in [1.807, 2.05) is 77.6 Å². The molecule has 1 saturated heterocycles. The summed E-state index contributed by atoms with van der Waals surface area (Å²) in [6, 6.07) is 19.8. The number of thiocarbonyl (C=S) groups is 1. The minimum absolute atomic E-state index is 0.165. The van der Waals surface area contributed by atoms with Crippen LogP contribution in [0, 0.1) is 0 Å². The zero-order valence-electron chi connectivity index (χ0n) is 13.0. The second-order valence-corrected chi connectivity index (χ2v) is 7.15. The van der Waals surface area contributed by atoms with Crippen molar-refractivity contribution in [3.8, 4) is 16.9 Å². The van der Waals surface area contributed by atoms with Crippen molar-refractivity contribution in [3.05, 3.63) is 77.3 Å².